The zero-order chi connectivity index (χ0) is 19.9. The zero-order valence-electron chi connectivity index (χ0n) is 16.7. The average molecular weight is 378 g/mol. The molecule has 0 aliphatic carbocycles. The number of aromatic nitrogens is 2. The minimum absolute atomic E-state index is 0.733. The SMILES string of the molecule is COc1ccc(CCNc2cc(Nc3ccc(C)c(C)c3)ncn2)cc1OC. The fraction of sp³-hybridized carbons (Fsp3) is 0.273. The third kappa shape index (κ3) is 4.91. The Morgan fingerprint density at radius 3 is 2.36 bits per heavy atom. The van der Waals surface area contributed by atoms with Crippen LogP contribution in [-0.2, 0) is 6.42 Å². The first-order valence-electron chi connectivity index (χ1n) is 9.20. The van der Waals surface area contributed by atoms with Crippen LogP contribution >= 0.6 is 0 Å². The van der Waals surface area contributed by atoms with Crippen molar-refractivity contribution in [3.63, 3.8) is 0 Å². The molecule has 0 atom stereocenters. The van der Waals surface area contributed by atoms with Crippen molar-refractivity contribution in [3.05, 3.63) is 65.5 Å². The molecular formula is C22H26N4O2. The van der Waals surface area contributed by atoms with Crippen molar-refractivity contribution in [1.29, 1.82) is 0 Å². The van der Waals surface area contributed by atoms with Crippen molar-refractivity contribution in [2.24, 2.45) is 0 Å². The van der Waals surface area contributed by atoms with Crippen molar-refractivity contribution in [2.75, 3.05) is 31.4 Å². The second-order valence-corrected chi connectivity index (χ2v) is 6.58. The van der Waals surface area contributed by atoms with Crippen LogP contribution in [0.25, 0.3) is 0 Å². The normalized spacial score (nSPS) is 10.4. The molecule has 0 saturated heterocycles. The van der Waals surface area contributed by atoms with Crippen molar-refractivity contribution >= 4 is 17.3 Å². The van der Waals surface area contributed by atoms with Crippen LogP contribution in [0.2, 0.25) is 0 Å². The number of hydrogen-bond acceptors (Lipinski definition) is 6. The number of methoxy groups -OCH3 is 2. The Morgan fingerprint density at radius 1 is 0.821 bits per heavy atom. The van der Waals surface area contributed by atoms with E-state index in [1.165, 1.54) is 11.1 Å². The van der Waals surface area contributed by atoms with Gasteiger partial charge in [-0.2, -0.15) is 0 Å². The Hall–Kier alpha value is -3.28. The molecule has 0 amide bonds. The summed E-state index contributed by atoms with van der Waals surface area (Å²) in [7, 11) is 3.28. The molecule has 0 bridgehead atoms. The monoisotopic (exact) mass is 378 g/mol. The van der Waals surface area contributed by atoms with Gasteiger partial charge in [-0.15, -0.1) is 0 Å². The van der Waals surface area contributed by atoms with E-state index in [1.807, 2.05) is 24.3 Å². The molecule has 0 aliphatic heterocycles. The highest BCUT2D eigenvalue weighted by atomic mass is 16.5. The Kier molecular flexibility index (Phi) is 6.32. The lowest BCUT2D eigenvalue weighted by molar-refractivity contribution is 0.354. The molecule has 0 aliphatic rings. The van der Waals surface area contributed by atoms with E-state index in [0.29, 0.717) is 0 Å². The van der Waals surface area contributed by atoms with Gasteiger partial charge in [0, 0.05) is 18.3 Å². The van der Waals surface area contributed by atoms with Gasteiger partial charge in [0.15, 0.2) is 11.5 Å². The summed E-state index contributed by atoms with van der Waals surface area (Å²) in [5.74, 6) is 3.01. The van der Waals surface area contributed by atoms with Crippen LogP contribution in [0.5, 0.6) is 11.5 Å². The van der Waals surface area contributed by atoms with Crippen molar-refractivity contribution < 1.29 is 9.47 Å². The summed E-state index contributed by atoms with van der Waals surface area (Å²) in [4.78, 5) is 8.60. The fourth-order valence-corrected chi connectivity index (χ4v) is 2.86. The first kappa shape index (κ1) is 19.5. The number of rotatable bonds is 8. The molecular weight excluding hydrogens is 352 g/mol. The van der Waals surface area contributed by atoms with Gasteiger partial charge in [-0.1, -0.05) is 12.1 Å². The van der Waals surface area contributed by atoms with Crippen LogP contribution in [0.1, 0.15) is 16.7 Å². The Morgan fingerprint density at radius 2 is 1.61 bits per heavy atom. The highest BCUT2D eigenvalue weighted by molar-refractivity contribution is 5.60. The Labute approximate surface area is 166 Å². The quantitative estimate of drug-likeness (QED) is 0.601. The van der Waals surface area contributed by atoms with Gasteiger partial charge in [-0.3, -0.25) is 0 Å². The summed E-state index contributed by atoms with van der Waals surface area (Å²) in [5.41, 5.74) is 4.68. The predicted molar refractivity (Wildman–Crippen MR) is 113 cm³/mol. The molecule has 0 saturated carbocycles. The number of hydrogen-bond donors (Lipinski definition) is 2. The first-order valence-corrected chi connectivity index (χ1v) is 9.20. The zero-order valence-corrected chi connectivity index (χ0v) is 16.7. The van der Waals surface area contributed by atoms with Gasteiger partial charge in [0.1, 0.15) is 18.0 Å². The molecule has 146 valence electrons. The number of nitrogens with zero attached hydrogens (tertiary/aromatic N) is 2. The summed E-state index contributed by atoms with van der Waals surface area (Å²) < 4.78 is 10.6. The molecule has 1 heterocycles. The molecule has 6 heteroatoms. The minimum atomic E-state index is 0.733. The van der Waals surface area contributed by atoms with E-state index < -0.39 is 0 Å². The van der Waals surface area contributed by atoms with Gasteiger partial charge in [-0.25, -0.2) is 9.97 Å². The number of benzene rings is 2. The van der Waals surface area contributed by atoms with Crippen LogP contribution in [0.4, 0.5) is 17.3 Å². The van der Waals surface area contributed by atoms with Crippen molar-refractivity contribution in [3.8, 4) is 11.5 Å². The summed E-state index contributed by atoms with van der Waals surface area (Å²) in [6, 6.07) is 14.1. The minimum Gasteiger partial charge on any atom is -0.493 e. The lowest BCUT2D eigenvalue weighted by Crippen LogP contribution is -2.07. The van der Waals surface area contributed by atoms with Gasteiger partial charge in [0.05, 0.1) is 14.2 Å². The van der Waals surface area contributed by atoms with Crippen LogP contribution in [0, 0.1) is 13.8 Å². The smallest absolute Gasteiger partial charge is 0.160 e. The third-order valence-corrected chi connectivity index (χ3v) is 4.61. The molecule has 0 radical (unpaired) electrons. The lowest BCUT2D eigenvalue weighted by Gasteiger charge is -2.11. The summed E-state index contributed by atoms with van der Waals surface area (Å²) in [6.07, 6.45) is 2.40. The molecule has 0 fully saturated rings. The van der Waals surface area contributed by atoms with E-state index in [4.69, 9.17) is 9.47 Å². The van der Waals surface area contributed by atoms with E-state index in [0.717, 1.165) is 47.4 Å². The van der Waals surface area contributed by atoms with E-state index >= 15 is 0 Å². The Bertz CT molecular complexity index is 944. The first-order chi connectivity index (χ1) is 13.6. The van der Waals surface area contributed by atoms with Crippen LogP contribution in [0.15, 0.2) is 48.8 Å². The summed E-state index contributed by atoms with van der Waals surface area (Å²) in [5, 5.41) is 6.67. The molecule has 0 spiro atoms. The lowest BCUT2D eigenvalue weighted by atomic mass is 10.1. The Balaban J connectivity index is 1.59. The molecule has 2 N–H and O–H groups in total. The van der Waals surface area contributed by atoms with Gasteiger partial charge < -0.3 is 20.1 Å². The van der Waals surface area contributed by atoms with E-state index in [2.05, 4.69) is 52.6 Å². The van der Waals surface area contributed by atoms with Gasteiger partial charge in [-0.05, 0) is 61.2 Å². The third-order valence-electron chi connectivity index (χ3n) is 4.61. The van der Waals surface area contributed by atoms with E-state index in [1.54, 1.807) is 20.5 Å². The summed E-state index contributed by atoms with van der Waals surface area (Å²) >= 11 is 0. The van der Waals surface area contributed by atoms with E-state index in [9.17, 15) is 0 Å². The number of ether oxygens (including phenoxy) is 2. The molecule has 1 aromatic heterocycles. The maximum Gasteiger partial charge on any atom is 0.160 e. The van der Waals surface area contributed by atoms with Crippen LogP contribution in [0.3, 0.4) is 0 Å². The predicted octanol–water partition coefficient (Wildman–Crippen LogP) is 4.51. The maximum absolute atomic E-state index is 5.36. The summed E-state index contributed by atoms with van der Waals surface area (Å²) in [6.45, 7) is 4.95. The van der Waals surface area contributed by atoms with E-state index in [-0.39, 0.29) is 0 Å². The average Bonchev–Trinajstić information content (AvgIpc) is 2.71. The van der Waals surface area contributed by atoms with Gasteiger partial charge >= 0.3 is 0 Å². The molecule has 2 aromatic carbocycles. The van der Waals surface area contributed by atoms with Gasteiger partial charge in [0.2, 0.25) is 0 Å². The molecule has 3 rings (SSSR count). The van der Waals surface area contributed by atoms with Crippen molar-refractivity contribution in [1.82, 2.24) is 9.97 Å². The van der Waals surface area contributed by atoms with Gasteiger partial charge in [0.25, 0.3) is 0 Å². The van der Waals surface area contributed by atoms with Crippen molar-refractivity contribution in [2.45, 2.75) is 20.3 Å². The molecule has 3 aromatic rings. The molecule has 28 heavy (non-hydrogen) atoms. The highest BCUT2D eigenvalue weighted by Gasteiger charge is 2.05. The largest absolute Gasteiger partial charge is 0.493 e. The molecule has 0 unspecified atom stereocenters. The maximum atomic E-state index is 5.36. The second-order valence-electron chi connectivity index (χ2n) is 6.58. The van der Waals surface area contributed by atoms with Crippen LogP contribution in [-0.4, -0.2) is 30.7 Å². The molecule has 6 nitrogen and oxygen atoms in total. The second kappa shape index (κ2) is 9.08. The number of aryl methyl sites for hydroxylation is 2. The standard InChI is InChI=1S/C22H26N4O2/c1-15-5-7-18(11-16(15)2)26-22-13-21(24-14-25-22)23-10-9-17-6-8-19(27-3)20(12-17)28-4/h5-8,11-14H,9-10H2,1-4H3,(H2,23,24,25,26). The topological polar surface area (TPSA) is 68.3 Å². The highest BCUT2D eigenvalue weighted by Crippen LogP contribution is 2.27. The fourth-order valence-electron chi connectivity index (χ4n) is 2.86. The number of nitrogens with one attached hydrogen (secondary N) is 2. The van der Waals surface area contributed by atoms with Crippen LogP contribution < -0.4 is 20.1 Å². The number of anilines is 3.